The molecular formula is C20H21ClN2O2. The molecule has 0 aliphatic rings. The van der Waals surface area contributed by atoms with E-state index in [1.165, 1.54) is 0 Å². The number of hydrogen-bond donors (Lipinski definition) is 1. The van der Waals surface area contributed by atoms with Gasteiger partial charge in [0.2, 0.25) is 0 Å². The number of pyridine rings is 1. The van der Waals surface area contributed by atoms with Crippen molar-refractivity contribution < 1.29 is 9.47 Å². The maximum atomic E-state index is 6.34. The molecule has 1 N–H and O–H groups in total. The van der Waals surface area contributed by atoms with Gasteiger partial charge in [-0.25, -0.2) is 4.98 Å². The summed E-state index contributed by atoms with van der Waals surface area (Å²) in [5, 5.41) is 4.94. The summed E-state index contributed by atoms with van der Waals surface area (Å²) >= 11 is 6.34. The lowest BCUT2D eigenvalue weighted by atomic mass is 10.1. The average Bonchev–Trinajstić information content (AvgIpc) is 2.63. The molecule has 0 amide bonds. The fourth-order valence-corrected chi connectivity index (χ4v) is 2.95. The van der Waals surface area contributed by atoms with E-state index < -0.39 is 0 Å². The van der Waals surface area contributed by atoms with Crippen molar-refractivity contribution in [3.8, 4) is 11.5 Å². The van der Waals surface area contributed by atoms with E-state index in [4.69, 9.17) is 21.1 Å². The van der Waals surface area contributed by atoms with Crippen LogP contribution in [0.5, 0.6) is 11.5 Å². The maximum Gasteiger partial charge on any atom is 0.134 e. The van der Waals surface area contributed by atoms with Crippen molar-refractivity contribution in [1.82, 2.24) is 10.3 Å². The zero-order valence-corrected chi connectivity index (χ0v) is 15.1. The van der Waals surface area contributed by atoms with Crippen molar-refractivity contribution in [2.24, 2.45) is 0 Å². The number of aromatic nitrogens is 1. The molecule has 1 aromatic heterocycles. The Morgan fingerprint density at radius 3 is 2.64 bits per heavy atom. The highest BCUT2D eigenvalue weighted by Crippen LogP contribution is 2.25. The van der Waals surface area contributed by atoms with Gasteiger partial charge in [-0.2, -0.15) is 0 Å². The summed E-state index contributed by atoms with van der Waals surface area (Å²) in [6.45, 7) is 3.92. The van der Waals surface area contributed by atoms with Crippen LogP contribution in [-0.2, 0) is 13.1 Å². The van der Waals surface area contributed by atoms with E-state index in [0.717, 1.165) is 33.5 Å². The number of nitrogens with zero attached hydrogens (tertiary/aromatic N) is 1. The van der Waals surface area contributed by atoms with Crippen molar-refractivity contribution in [1.29, 1.82) is 0 Å². The Labute approximate surface area is 152 Å². The summed E-state index contributed by atoms with van der Waals surface area (Å²) < 4.78 is 10.9. The first-order valence-corrected chi connectivity index (χ1v) is 8.63. The Bertz CT molecular complexity index is 867. The molecule has 0 saturated heterocycles. The smallest absolute Gasteiger partial charge is 0.134 e. The minimum atomic E-state index is 0.518. The van der Waals surface area contributed by atoms with Crippen LogP contribution >= 0.6 is 11.6 Å². The molecule has 25 heavy (non-hydrogen) atoms. The first-order valence-electron chi connectivity index (χ1n) is 8.26. The van der Waals surface area contributed by atoms with Crippen LogP contribution in [0.25, 0.3) is 10.9 Å². The lowest BCUT2D eigenvalue weighted by Crippen LogP contribution is -2.14. The van der Waals surface area contributed by atoms with Crippen molar-refractivity contribution in [3.05, 3.63) is 64.8 Å². The normalized spacial score (nSPS) is 10.8. The largest absolute Gasteiger partial charge is 0.496 e. The second kappa shape index (κ2) is 8.19. The number of para-hydroxylation sites is 1. The predicted octanol–water partition coefficient (Wildman–Crippen LogP) is 4.59. The van der Waals surface area contributed by atoms with Gasteiger partial charge in [-0.15, -0.1) is 0 Å². The average molecular weight is 357 g/mol. The van der Waals surface area contributed by atoms with Gasteiger partial charge in [0.15, 0.2) is 0 Å². The summed E-state index contributed by atoms with van der Waals surface area (Å²) in [5.41, 5.74) is 2.92. The van der Waals surface area contributed by atoms with Gasteiger partial charge in [-0.3, -0.25) is 0 Å². The van der Waals surface area contributed by atoms with Gasteiger partial charge in [0, 0.05) is 29.6 Å². The van der Waals surface area contributed by atoms with E-state index in [9.17, 15) is 0 Å². The molecule has 4 nitrogen and oxygen atoms in total. The lowest BCUT2D eigenvalue weighted by Gasteiger charge is -2.11. The molecule has 3 aromatic rings. The zero-order valence-electron chi connectivity index (χ0n) is 14.4. The summed E-state index contributed by atoms with van der Waals surface area (Å²) in [4.78, 5) is 4.48. The van der Waals surface area contributed by atoms with Crippen LogP contribution in [0.15, 0.2) is 48.5 Å². The molecule has 2 aromatic carbocycles. The van der Waals surface area contributed by atoms with Crippen LogP contribution in [0.4, 0.5) is 0 Å². The fraction of sp³-hybridized carbons (Fsp3) is 0.250. The second-order valence-electron chi connectivity index (χ2n) is 5.64. The summed E-state index contributed by atoms with van der Waals surface area (Å²) in [7, 11) is 1.68. The van der Waals surface area contributed by atoms with Gasteiger partial charge in [-0.05, 0) is 37.3 Å². The van der Waals surface area contributed by atoms with Crippen LogP contribution in [0, 0.1) is 0 Å². The van der Waals surface area contributed by atoms with Gasteiger partial charge >= 0.3 is 0 Å². The molecule has 0 bridgehead atoms. The number of ether oxygens (including phenoxy) is 2. The van der Waals surface area contributed by atoms with Crippen LogP contribution in [0.1, 0.15) is 18.1 Å². The Morgan fingerprint density at radius 2 is 1.84 bits per heavy atom. The predicted molar refractivity (Wildman–Crippen MR) is 101 cm³/mol. The minimum Gasteiger partial charge on any atom is -0.496 e. The van der Waals surface area contributed by atoms with Crippen LogP contribution in [0.3, 0.4) is 0 Å². The molecule has 0 radical (unpaired) electrons. The number of fused-ring (bicyclic) bond motifs is 1. The van der Waals surface area contributed by atoms with Gasteiger partial charge in [0.1, 0.15) is 16.7 Å². The molecule has 1 heterocycles. The molecule has 0 fully saturated rings. The number of rotatable bonds is 7. The fourth-order valence-electron chi connectivity index (χ4n) is 2.74. The van der Waals surface area contributed by atoms with E-state index in [1.54, 1.807) is 7.11 Å². The standard InChI is InChI=1S/C20H21ClN2O2/c1-3-25-17-8-9-18-15(11-17)10-16(20(21)23-18)13-22-12-14-6-4-5-7-19(14)24-2/h4-11,22H,3,12-13H2,1-2H3. The zero-order chi connectivity index (χ0) is 17.6. The third-order valence-corrected chi connectivity index (χ3v) is 4.27. The third-order valence-electron chi connectivity index (χ3n) is 3.95. The van der Waals surface area contributed by atoms with Crippen LogP contribution < -0.4 is 14.8 Å². The number of halogens is 1. The number of benzene rings is 2. The third kappa shape index (κ3) is 4.21. The van der Waals surface area contributed by atoms with Crippen LogP contribution in [-0.4, -0.2) is 18.7 Å². The van der Waals surface area contributed by atoms with Gasteiger partial charge in [0.25, 0.3) is 0 Å². The molecule has 0 aliphatic heterocycles. The van der Waals surface area contributed by atoms with Crippen molar-refractivity contribution >= 4 is 22.5 Å². The Morgan fingerprint density at radius 1 is 1.04 bits per heavy atom. The summed E-state index contributed by atoms with van der Waals surface area (Å²) in [6, 6.07) is 15.8. The lowest BCUT2D eigenvalue weighted by molar-refractivity contribution is 0.340. The highest BCUT2D eigenvalue weighted by Gasteiger charge is 2.07. The Hall–Kier alpha value is -2.30. The molecule has 0 spiro atoms. The van der Waals surface area contributed by atoms with E-state index in [-0.39, 0.29) is 0 Å². The Balaban J connectivity index is 1.75. The second-order valence-corrected chi connectivity index (χ2v) is 6.00. The number of nitrogens with one attached hydrogen (secondary N) is 1. The topological polar surface area (TPSA) is 43.4 Å². The van der Waals surface area contributed by atoms with Crippen LogP contribution in [0.2, 0.25) is 5.15 Å². The van der Waals surface area contributed by atoms with E-state index >= 15 is 0 Å². The molecule has 0 atom stereocenters. The number of hydrogen-bond acceptors (Lipinski definition) is 4. The van der Waals surface area contributed by atoms with Crippen molar-refractivity contribution in [2.75, 3.05) is 13.7 Å². The summed E-state index contributed by atoms with van der Waals surface area (Å²) in [6.07, 6.45) is 0. The molecular weight excluding hydrogens is 336 g/mol. The van der Waals surface area contributed by atoms with Crippen molar-refractivity contribution in [2.45, 2.75) is 20.0 Å². The molecule has 3 rings (SSSR count). The van der Waals surface area contributed by atoms with Gasteiger partial charge in [-0.1, -0.05) is 29.8 Å². The van der Waals surface area contributed by atoms with Crippen molar-refractivity contribution in [3.63, 3.8) is 0 Å². The molecule has 0 aliphatic carbocycles. The summed E-state index contributed by atoms with van der Waals surface area (Å²) in [5.74, 6) is 1.71. The highest BCUT2D eigenvalue weighted by atomic mass is 35.5. The highest BCUT2D eigenvalue weighted by molar-refractivity contribution is 6.30. The first-order chi connectivity index (χ1) is 12.2. The minimum absolute atomic E-state index is 0.518. The monoisotopic (exact) mass is 356 g/mol. The van der Waals surface area contributed by atoms with E-state index in [0.29, 0.717) is 24.8 Å². The Kier molecular flexibility index (Phi) is 5.74. The molecule has 130 valence electrons. The SMILES string of the molecule is CCOc1ccc2nc(Cl)c(CNCc3ccccc3OC)cc2c1. The first kappa shape index (κ1) is 17.5. The molecule has 5 heteroatoms. The number of methoxy groups -OCH3 is 1. The van der Waals surface area contributed by atoms with Gasteiger partial charge in [0.05, 0.1) is 19.2 Å². The van der Waals surface area contributed by atoms with E-state index in [2.05, 4.69) is 16.4 Å². The quantitative estimate of drug-likeness (QED) is 0.629. The molecule has 0 unspecified atom stereocenters. The molecule has 0 saturated carbocycles. The van der Waals surface area contributed by atoms with E-state index in [1.807, 2.05) is 49.4 Å². The maximum absolute atomic E-state index is 6.34. The van der Waals surface area contributed by atoms with Gasteiger partial charge < -0.3 is 14.8 Å².